The van der Waals surface area contributed by atoms with E-state index < -0.39 is 0 Å². The Hall–Kier alpha value is -2.70. The van der Waals surface area contributed by atoms with Gasteiger partial charge in [-0.25, -0.2) is 9.50 Å². The molecule has 106 valence electrons. The van der Waals surface area contributed by atoms with Crippen molar-refractivity contribution in [2.24, 2.45) is 0 Å². The third-order valence-electron chi connectivity index (χ3n) is 3.44. The van der Waals surface area contributed by atoms with Gasteiger partial charge in [0.2, 0.25) is 0 Å². The maximum atomic E-state index is 12.1. The highest BCUT2D eigenvalue weighted by molar-refractivity contribution is 6.02. The van der Waals surface area contributed by atoms with Gasteiger partial charge < -0.3 is 9.84 Å². The zero-order chi connectivity index (χ0) is 14.4. The molecule has 3 aromatic rings. The highest BCUT2D eigenvalue weighted by Crippen LogP contribution is 2.39. The summed E-state index contributed by atoms with van der Waals surface area (Å²) in [6.45, 7) is 1.76. The maximum absolute atomic E-state index is 12.1. The number of anilines is 1. The van der Waals surface area contributed by atoms with Gasteiger partial charge in [0.05, 0.1) is 11.9 Å². The van der Waals surface area contributed by atoms with Crippen molar-refractivity contribution in [1.29, 1.82) is 0 Å². The lowest BCUT2D eigenvalue weighted by Gasteiger charge is -2.00. The summed E-state index contributed by atoms with van der Waals surface area (Å²) in [5.74, 6) is 1.25. The van der Waals surface area contributed by atoms with Crippen LogP contribution in [0, 0.1) is 6.92 Å². The van der Waals surface area contributed by atoms with Crippen molar-refractivity contribution in [3.63, 3.8) is 0 Å². The number of nitrogens with one attached hydrogen (secondary N) is 1. The molecule has 3 aromatic heterocycles. The second-order valence-corrected chi connectivity index (χ2v) is 5.24. The number of aromatic nitrogens is 4. The van der Waals surface area contributed by atoms with Crippen molar-refractivity contribution in [2.45, 2.75) is 25.7 Å². The van der Waals surface area contributed by atoms with Crippen molar-refractivity contribution >= 4 is 17.4 Å². The minimum atomic E-state index is -0.327. The Morgan fingerprint density at radius 3 is 3.00 bits per heavy atom. The zero-order valence-electron chi connectivity index (χ0n) is 11.4. The van der Waals surface area contributed by atoms with Crippen molar-refractivity contribution in [3.8, 4) is 0 Å². The van der Waals surface area contributed by atoms with Gasteiger partial charge in [0.1, 0.15) is 11.5 Å². The van der Waals surface area contributed by atoms with Gasteiger partial charge in [-0.15, -0.1) is 0 Å². The van der Waals surface area contributed by atoms with E-state index in [9.17, 15) is 4.79 Å². The lowest BCUT2D eigenvalue weighted by atomic mass is 10.3. The lowest BCUT2D eigenvalue weighted by molar-refractivity contribution is 0.102. The molecule has 1 aliphatic rings. The molecule has 1 N–H and O–H groups in total. The number of hydrogen-bond donors (Lipinski definition) is 1. The molecule has 1 saturated carbocycles. The summed E-state index contributed by atoms with van der Waals surface area (Å²) in [5, 5.41) is 10.7. The quantitative estimate of drug-likeness (QED) is 0.796. The smallest absolute Gasteiger partial charge is 0.277 e. The van der Waals surface area contributed by atoms with Gasteiger partial charge in [-0.2, -0.15) is 5.10 Å². The first-order chi connectivity index (χ1) is 10.2. The number of imidazole rings is 1. The summed E-state index contributed by atoms with van der Waals surface area (Å²) >= 11 is 0. The van der Waals surface area contributed by atoms with Crippen molar-refractivity contribution in [1.82, 2.24) is 19.8 Å². The molecular weight excluding hydrogens is 270 g/mol. The monoisotopic (exact) mass is 283 g/mol. The molecule has 1 amide bonds. The number of nitrogens with zero attached hydrogens (tertiary/aromatic N) is 4. The minimum absolute atomic E-state index is 0.308. The van der Waals surface area contributed by atoms with E-state index in [0.29, 0.717) is 23.2 Å². The summed E-state index contributed by atoms with van der Waals surface area (Å²) in [7, 11) is 0. The second kappa shape index (κ2) is 4.41. The van der Waals surface area contributed by atoms with E-state index >= 15 is 0 Å². The van der Waals surface area contributed by atoms with Gasteiger partial charge in [-0.1, -0.05) is 5.16 Å². The molecule has 7 heteroatoms. The Balaban J connectivity index is 1.61. The van der Waals surface area contributed by atoms with Crippen LogP contribution in [0.5, 0.6) is 0 Å². The van der Waals surface area contributed by atoms with Crippen LogP contribution < -0.4 is 5.32 Å². The number of carbonyl (C=O) groups is 1. The van der Waals surface area contributed by atoms with E-state index in [1.807, 2.05) is 6.20 Å². The van der Waals surface area contributed by atoms with Crippen molar-refractivity contribution < 1.29 is 9.32 Å². The van der Waals surface area contributed by atoms with Gasteiger partial charge in [0, 0.05) is 12.0 Å². The molecule has 4 rings (SSSR count). The van der Waals surface area contributed by atoms with E-state index in [0.717, 1.165) is 11.3 Å². The van der Waals surface area contributed by atoms with Crippen molar-refractivity contribution in [2.75, 3.05) is 5.32 Å². The number of amides is 1. The molecule has 0 aliphatic heterocycles. The fourth-order valence-corrected chi connectivity index (χ4v) is 2.20. The molecule has 0 unspecified atom stereocenters. The Kier molecular flexibility index (Phi) is 2.53. The predicted octanol–water partition coefficient (Wildman–Crippen LogP) is 2.16. The highest BCUT2D eigenvalue weighted by Gasteiger charge is 2.26. The van der Waals surface area contributed by atoms with Crippen molar-refractivity contribution in [3.05, 3.63) is 41.5 Å². The molecule has 0 saturated heterocycles. The molecule has 7 nitrogen and oxygen atoms in total. The van der Waals surface area contributed by atoms with E-state index in [2.05, 4.69) is 20.6 Å². The predicted molar refractivity (Wildman–Crippen MR) is 74.2 cm³/mol. The van der Waals surface area contributed by atoms with Crippen LogP contribution in [0.3, 0.4) is 0 Å². The standard InChI is InChI=1S/C14H13N5O2/c1-8-6-12(18-21-8)16-14(20)10-4-5-13-15-11(9-2-3-9)7-19(13)17-10/h4-7,9H,2-3H2,1H3,(H,16,18,20). The number of fused-ring (bicyclic) bond motifs is 1. The molecular formula is C14H13N5O2. The fourth-order valence-electron chi connectivity index (χ4n) is 2.20. The third-order valence-corrected chi connectivity index (χ3v) is 3.44. The van der Waals surface area contributed by atoms with E-state index in [1.54, 1.807) is 29.6 Å². The summed E-state index contributed by atoms with van der Waals surface area (Å²) in [4.78, 5) is 16.6. The number of aryl methyl sites for hydroxylation is 1. The van der Waals surface area contributed by atoms with Crippen LogP contribution in [0.1, 0.15) is 40.7 Å². The fraction of sp³-hybridized carbons (Fsp3) is 0.286. The van der Waals surface area contributed by atoms with Crippen LogP contribution >= 0.6 is 0 Å². The molecule has 0 bridgehead atoms. The first-order valence-corrected chi connectivity index (χ1v) is 6.80. The summed E-state index contributed by atoms with van der Waals surface area (Å²) in [6, 6.07) is 5.10. The van der Waals surface area contributed by atoms with E-state index in [4.69, 9.17) is 4.52 Å². The Labute approximate surface area is 120 Å². The Morgan fingerprint density at radius 1 is 1.43 bits per heavy atom. The van der Waals surface area contributed by atoms with Gasteiger partial charge >= 0.3 is 0 Å². The Bertz CT molecular complexity index is 831. The first kappa shape index (κ1) is 12.1. The molecule has 3 heterocycles. The summed E-state index contributed by atoms with van der Waals surface area (Å²) in [6.07, 6.45) is 4.26. The maximum Gasteiger partial charge on any atom is 0.277 e. The molecule has 0 radical (unpaired) electrons. The molecule has 0 atom stereocenters. The van der Waals surface area contributed by atoms with Crippen LogP contribution in [-0.4, -0.2) is 25.7 Å². The number of rotatable bonds is 3. The van der Waals surface area contributed by atoms with Crippen LogP contribution in [0.15, 0.2) is 28.9 Å². The zero-order valence-corrected chi connectivity index (χ0v) is 11.4. The summed E-state index contributed by atoms with van der Waals surface area (Å²) in [5.41, 5.74) is 2.11. The van der Waals surface area contributed by atoms with Crippen LogP contribution in [-0.2, 0) is 0 Å². The lowest BCUT2D eigenvalue weighted by Crippen LogP contribution is -2.15. The highest BCUT2D eigenvalue weighted by atomic mass is 16.5. The molecule has 21 heavy (non-hydrogen) atoms. The third kappa shape index (κ3) is 2.26. The SMILES string of the molecule is Cc1cc(NC(=O)c2ccc3nc(C4CC4)cn3n2)no1. The molecule has 1 fully saturated rings. The second-order valence-electron chi connectivity index (χ2n) is 5.24. The van der Waals surface area contributed by atoms with E-state index in [1.165, 1.54) is 12.8 Å². The van der Waals surface area contributed by atoms with Crippen LogP contribution in [0.2, 0.25) is 0 Å². The number of carbonyl (C=O) groups excluding carboxylic acids is 1. The first-order valence-electron chi connectivity index (χ1n) is 6.80. The van der Waals surface area contributed by atoms with Gasteiger partial charge in [0.15, 0.2) is 11.5 Å². The average molecular weight is 283 g/mol. The number of hydrogen-bond acceptors (Lipinski definition) is 5. The van der Waals surface area contributed by atoms with E-state index in [-0.39, 0.29) is 5.91 Å². The average Bonchev–Trinajstić information content (AvgIpc) is 3.11. The molecule has 0 spiro atoms. The normalized spacial score (nSPS) is 14.5. The van der Waals surface area contributed by atoms with Gasteiger partial charge in [0.25, 0.3) is 5.91 Å². The Morgan fingerprint density at radius 2 is 2.29 bits per heavy atom. The molecule has 1 aliphatic carbocycles. The topological polar surface area (TPSA) is 85.3 Å². The molecule has 0 aromatic carbocycles. The minimum Gasteiger partial charge on any atom is -0.360 e. The van der Waals surface area contributed by atoms with Crippen LogP contribution in [0.25, 0.3) is 5.65 Å². The van der Waals surface area contributed by atoms with Gasteiger partial charge in [-0.3, -0.25) is 4.79 Å². The van der Waals surface area contributed by atoms with Gasteiger partial charge in [-0.05, 0) is 31.9 Å². The summed E-state index contributed by atoms with van der Waals surface area (Å²) < 4.78 is 6.56. The van der Waals surface area contributed by atoms with Crippen LogP contribution in [0.4, 0.5) is 5.82 Å². The largest absolute Gasteiger partial charge is 0.360 e.